The number of ether oxygens (including phenoxy) is 1. The summed E-state index contributed by atoms with van der Waals surface area (Å²) in [5.41, 5.74) is 0. The maximum Gasteiger partial charge on any atom is 0.305 e. The van der Waals surface area contributed by atoms with E-state index in [2.05, 4.69) is 31.3 Å². The number of nitrogens with one attached hydrogen (secondary N) is 1. The van der Waals surface area contributed by atoms with Crippen molar-refractivity contribution in [3.63, 3.8) is 0 Å². The van der Waals surface area contributed by atoms with Gasteiger partial charge in [0.1, 0.15) is 0 Å². The number of aliphatic hydroxyl groups is 2. The van der Waals surface area contributed by atoms with Gasteiger partial charge >= 0.3 is 5.97 Å². The van der Waals surface area contributed by atoms with Crippen molar-refractivity contribution in [1.29, 1.82) is 0 Å². The van der Waals surface area contributed by atoms with E-state index < -0.39 is 12.1 Å². The molecule has 1 amide bonds. The smallest absolute Gasteiger partial charge is 0.305 e. The summed E-state index contributed by atoms with van der Waals surface area (Å²) in [6.07, 6.45) is 70.7. The summed E-state index contributed by atoms with van der Waals surface area (Å²) in [4.78, 5) is 24.6. The van der Waals surface area contributed by atoms with Crippen LogP contribution in [0.3, 0.4) is 0 Å². The molecule has 0 spiro atoms. The molecule has 0 saturated carbocycles. The lowest BCUT2D eigenvalue weighted by Gasteiger charge is -2.22. The number of rotatable bonds is 59. The summed E-state index contributed by atoms with van der Waals surface area (Å²) < 4.78 is 5.48. The highest BCUT2D eigenvalue weighted by molar-refractivity contribution is 5.76. The van der Waals surface area contributed by atoms with Crippen LogP contribution in [0, 0.1) is 0 Å². The van der Waals surface area contributed by atoms with Crippen LogP contribution in [-0.4, -0.2) is 47.4 Å². The molecule has 0 heterocycles. The number of hydrogen-bond acceptors (Lipinski definition) is 5. The molecule has 0 bridgehead atoms. The number of unbranched alkanes of at least 4 members (excludes halogenated alkanes) is 46. The molecule has 69 heavy (non-hydrogen) atoms. The van der Waals surface area contributed by atoms with Crippen LogP contribution in [0.1, 0.15) is 354 Å². The Bertz CT molecular complexity index is 1030. The second-order valence-electron chi connectivity index (χ2n) is 21.7. The first-order valence-electron chi connectivity index (χ1n) is 31.4. The average molecular weight is 975 g/mol. The number of amides is 1. The average Bonchev–Trinajstić information content (AvgIpc) is 3.35. The Morgan fingerprint density at radius 3 is 1.03 bits per heavy atom. The number of esters is 1. The van der Waals surface area contributed by atoms with Crippen LogP contribution in [0.15, 0.2) is 12.2 Å². The van der Waals surface area contributed by atoms with E-state index in [-0.39, 0.29) is 18.5 Å². The number of allylic oxidation sites excluding steroid dienone is 2. The van der Waals surface area contributed by atoms with Crippen molar-refractivity contribution in [3.05, 3.63) is 12.2 Å². The third kappa shape index (κ3) is 55.8. The molecule has 0 aliphatic heterocycles. The molecule has 410 valence electrons. The third-order valence-electron chi connectivity index (χ3n) is 14.8. The van der Waals surface area contributed by atoms with Crippen molar-refractivity contribution in [2.75, 3.05) is 13.2 Å². The number of carbonyl (C=O) groups excluding carboxylic acids is 2. The Morgan fingerprint density at radius 1 is 0.391 bits per heavy atom. The molecule has 0 rings (SSSR count). The fourth-order valence-electron chi connectivity index (χ4n) is 9.99. The summed E-state index contributed by atoms with van der Waals surface area (Å²) in [6, 6.07) is -0.550. The minimum Gasteiger partial charge on any atom is -0.466 e. The van der Waals surface area contributed by atoms with Gasteiger partial charge in [-0.3, -0.25) is 9.59 Å². The predicted molar refractivity (Wildman–Crippen MR) is 301 cm³/mol. The van der Waals surface area contributed by atoms with Gasteiger partial charge < -0.3 is 20.3 Å². The summed E-state index contributed by atoms with van der Waals surface area (Å²) in [5.74, 6) is -0.0407. The molecule has 0 saturated heterocycles. The standard InChI is InChI=1S/C63H123NO5/c1-3-5-7-9-11-13-15-17-19-21-22-24-27-31-35-39-43-47-51-55-61(66)60(59-65)64-62(67)56-52-48-44-40-36-32-28-25-23-26-30-34-38-42-46-50-54-58-69-63(68)57-53-49-45-41-37-33-29-20-18-16-14-12-10-8-6-4-2/h23,26,60-61,65-66H,3-22,24-25,27-59H2,1-2H3,(H,64,67)/b26-23-. The third-order valence-corrected chi connectivity index (χ3v) is 14.8. The molecule has 0 aliphatic carbocycles. The van der Waals surface area contributed by atoms with Crippen LogP contribution in [0.2, 0.25) is 0 Å². The van der Waals surface area contributed by atoms with Crippen LogP contribution in [0.4, 0.5) is 0 Å². The minimum atomic E-state index is -0.672. The van der Waals surface area contributed by atoms with Crippen LogP contribution in [0.5, 0.6) is 0 Å². The van der Waals surface area contributed by atoms with Gasteiger partial charge in [0.2, 0.25) is 5.91 Å². The van der Waals surface area contributed by atoms with Gasteiger partial charge in [0.05, 0.1) is 25.4 Å². The molecule has 0 radical (unpaired) electrons. The second-order valence-corrected chi connectivity index (χ2v) is 21.7. The van der Waals surface area contributed by atoms with Gasteiger partial charge in [-0.1, -0.05) is 302 Å². The first kappa shape index (κ1) is 67.6. The summed E-state index contributed by atoms with van der Waals surface area (Å²) in [6.45, 7) is 4.97. The maximum atomic E-state index is 12.5. The minimum absolute atomic E-state index is 0.00264. The van der Waals surface area contributed by atoms with Crippen molar-refractivity contribution in [1.82, 2.24) is 5.32 Å². The molecule has 0 aromatic carbocycles. The normalized spacial score (nSPS) is 12.6. The first-order chi connectivity index (χ1) is 34.0. The summed E-state index contributed by atoms with van der Waals surface area (Å²) in [7, 11) is 0. The molecule has 0 aromatic rings. The number of aliphatic hydroxyl groups excluding tert-OH is 2. The second kappa shape index (κ2) is 59.2. The number of hydrogen-bond donors (Lipinski definition) is 3. The topological polar surface area (TPSA) is 95.9 Å². The van der Waals surface area contributed by atoms with Gasteiger partial charge in [-0.2, -0.15) is 0 Å². The van der Waals surface area contributed by atoms with Crippen molar-refractivity contribution >= 4 is 11.9 Å². The molecule has 3 N–H and O–H groups in total. The molecule has 2 unspecified atom stereocenters. The maximum absolute atomic E-state index is 12.5. The molecule has 2 atom stereocenters. The lowest BCUT2D eigenvalue weighted by molar-refractivity contribution is -0.143. The molecule has 0 fully saturated rings. The Morgan fingerprint density at radius 2 is 0.681 bits per heavy atom. The molecular formula is C63H123NO5. The summed E-state index contributed by atoms with van der Waals surface area (Å²) >= 11 is 0. The van der Waals surface area contributed by atoms with Crippen molar-refractivity contribution in [3.8, 4) is 0 Å². The zero-order valence-electron chi connectivity index (χ0n) is 46.8. The van der Waals surface area contributed by atoms with Gasteiger partial charge in [-0.15, -0.1) is 0 Å². The van der Waals surface area contributed by atoms with E-state index in [0.717, 1.165) is 51.4 Å². The molecular weight excluding hydrogens is 851 g/mol. The van der Waals surface area contributed by atoms with E-state index >= 15 is 0 Å². The zero-order valence-corrected chi connectivity index (χ0v) is 46.8. The van der Waals surface area contributed by atoms with Crippen LogP contribution in [0.25, 0.3) is 0 Å². The Balaban J connectivity index is 3.43. The lowest BCUT2D eigenvalue weighted by atomic mass is 10.0. The first-order valence-corrected chi connectivity index (χ1v) is 31.4. The van der Waals surface area contributed by atoms with E-state index in [4.69, 9.17) is 4.74 Å². The van der Waals surface area contributed by atoms with E-state index in [1.54, 1.807) is 0 Å². The largest absolute Gasteiger partial charge is 0.466 e. The highest BCUT2D eigenvalue weighted by atomic mass is 16.5. The van der Waals surface area contributed by atoms with Gasteiger partial charge in [0, 0.05) is 12.8 Å². The van der Waals surface area contributed by atoms with Gasteiger partial charge in [-0.05, 0) is 51.4 Å². The van der Waals surface area contributed by atoms with Crippen molar-refractivity contribution in [2.45, 2.75) is 366 Å². The monoisotopic (exact) mass is 974 g/mol. The van der Waals surface area contributed by atoms with Crippen LogP contribution >= 0.6 is 0 Å². The zero-order chi connectivity index (χ0) is 50.0. The Labute approximate surface area is 431 Å². The van der Waals surface area contributed by atoms with Gasteiger partial charge in [0.15, 0.2) is 0 Å². The molecule has 0 aliphatic rings. The molecule has 0 aromatic heterocycles. The highest BCUT2D eigenvalue weighted by Gasteiger charge is 2.20. The Hall–Kier alpha value is -1.40. The van der Waals surface area contributed by atoms with Gasteiger partial charge in [0.25, 0.3) is 0 Å². The Kier molecular flexibility index (Phi) is 58.0. The fourth-order valence-corrected chi connectivity index (χ4v) is 9.99. The quantitative estimate of drug-likeness (QED) is 0.0321. The van der Waals surface area contributed by atoms with Crippen molar-refractivity contribution < 1.29 is 24.5 Å². The molecule has 6 nitrogen and oxygen atoms in total. The predicted octanol–water partition coefficient (Wildman–Crippen LogP) is 19.6. The SMILES string of the molecule is CCCCCCCCCCCCCCCCCCCCCC(O)C(CO)NC(=O)CCCCCCCCC/C=C\CCCCCCCCOC(=O)CCCCCCCCCCCCCCCCCC. The van der Waals surface area contributed by atoms with E-state index in [1.807, 2.05) is 0 Å². The number of carbonyl (C=O) groups is 2. The fraction of sp³-hybridized carbons (Fsp3) is 0.937. The van der Waals surface area contributed by atoms with Crippen molar-refractivity contribution in [2.24, 2.45) is 0 Å². The van der Waals surface area contributed by atoms with Crippen LogP contribution < -0.4 is 5.32 Å². The highest BCUT2D eigenvalue weighted by Crippen LogP contribution is 2.18. The molecule has 6 heteroatoms. The van der Waals surface area contributed by atoms with E-state index in [0.29, 0.717) is 25.9 Å². The van der Waals surface area contributed by atoms with E-state index in [9.17, 15) is 19.8 Å². The van der Waals surface area contributed by atoms with Crippen LogP contribution in [-0.2, 0) is 14.3 Å². The van der Waals surface area contributed by atoms with E-state index in [1.165, 1.54) is 270 Å². The lowest BCUT2D eigenvalue weighted by Crippen LogP contribution is -2.45. The summed E-state index contributed by atoms with van der Waals surface area (Å²) in [5, 5.41) is 23.3. The van der Waals surface area contributed by atoms with Gasteiger partial charge in [-0.25, -0.2) is 0 Å².